The standard InChI is InChI=1S/C10H8ClN3O4S/c11-19(17,18)10-6-13(7-12-10)5-8-2-1-3-9(4-8)14(15)16/h1-4,6-7H,5H2. The van der Waals surface area contributed by atoms with Gasteiger partial charge in [0.25, 0.3) is 14.7 Å². The summed E-state index contributed by atoms with van der Waals surface area (Å²) in [5, 5.41) is 10.4. The number of aromatic nitrogens is 2. The van der Waals surface area contributed by atoms with E-state index in [2.05, 4.69) is 4.98 Å². The van der Waals surface area contributed by atoms with Gasteiger partial charge in [-0.15, -0.1) is 0 Å². The summed E-state index contributed by atoms with van der Waals surface area (Å²) in [6.07, 6.45) is 2.56. The molecule has 0 aliphatic carbocycles. The van der Waals surface area contributed by atoms with Crippen molar-refractivity contribution in [3.05, 3.63) is 52.5 Å². The predicted octanol–water partition coefficient (Wildman–Crippen LogP) is 1.77. The molecular weight excluding hydrogens is 294 g/mol. The third-order valence-electron chi connectivity index (χ3n) is 2.35. The molecule has 1 heterocycles. The van der Waals surface area contributed by atoms with Crippen LogP contribution in [0.2, 0.25) is 0 Å². The number of nitro benzene ring substituents is 1. The molecule has 2 rings (SSSR count). The number of nitro groups is 1. The molecule has 0 radical (unpaired) electrons. The first kappa shape index (κ1) is 13.5. The molecule has 0 saturated heterocycles. The fourth-order valence-electron chi connectivity index (χ4n) is 1.53. The molecule has 1 aromatic carbocycles. The lowest BCUT2D eigenvalue weighted by Crippen LogP contribution is -1.98. The Morgan fingerprint density at radius 3 is 2.74 bits per heavy atom. The van der Waals surface area contributed by atoms with Gasteiger partial charge in [-0.2, -0.15) is 0 Å². The third kappa shape index (κ3) is 3.30. The van der Waals surface area contributed by atoms with Gasteiger partial charge < -0.3 is 4.57 Å². The Labute approximate surface area is 113 Å². The lowest BCUT2D eigenvalue weighted by atomic mass is 10.2. The van der Waals surface area contributed by atoms with Crippen molar-refractivity contribution in [3.63, 3.8) is 0 Å². The lowest BCUT2D eigenvalue weighted by molar-refractivity contribution is -0.384. The highest BCUT2D eigenvalue weighted by Gasteiger charge is 2.13. The van der Waals surface area contributed by atoms with Gasteiger partial charge in [-0.05, 0) is 5.56 Å². The summed E-state index contributed by atoms with van der Waals surface area (Å²) >= 11 is 0. The summed E-state index contributed by atoms with van der Waals surface area (Å²) in [5.74, 6) is 0. The van der Waals surface area contributed by atoms with E-state index in [0.717, 1.165) is 0 Å². The van der Waals surface area contributed by atoms with Gasteiger partial charge in [-0.1, -0.05) is 12.1 Å². The molecule has 0 saturated carbocycles. The van der Waals surface area contributed by atoms with E-state index >= 15 is 0 Å². The van der Waals surface area contributed by atoms with Crippen molar-refractivity contribution in [3.8, 4) is 0 Å². The van der Waals surface area contributed by atoms with Crippen LogP contribution in [0.25, 0.3) is 0 Å². The number of halogens is 1. The van der Waals surface area contributed by atoms with E-state index in [1.165, 1.54) is 29.2 Å². The minimum Gasteiger partial charge on any atom is -0.332 e. The monoisotopic (exact) mass is 301 g/mol. The molecular formula is C10H8ClN3O4S. The Morgan fingerprint density at radius 1 is 1.42 bits per heavy atom. The maximum atomic E-state index is 11.0. The normalized spacial score (nSPS) is 11.4. The van der Waals surface area contributed by atoms with Crippen LogP contribution in [0.3, 0.4) is 0 Å². The topological polar surface area (TPSA) is 95.1 Å². The Hall–Kier alpha value is -1.93. The summed E-state index contributed by atoms with van der Waals surface area (Å²) in [6.45, 7) is 0.265. The highest BCUT2D eigenvalue weighted by molar-refractivity contribution is 8.13. The lowest BCUT2D eigenvalue weighted by Gasteiger charge is -2.01. The molecule has 0 bridgehead atoms. The minimum atomic E-state index is -3.86. The van der Waals surface area contributed by atoms with Gasteiger partial charge in [-0.25, -0.2) is 13.4 Å². The zero-order valence-electron chi connectivity index (χ0n) is 9.43. The second-order valence-corrected chi connectivity index (χ2v) is 6.26. The van der Waals surface area contributed by atoms with Crippen molar-refractivity contribution in [1.82, 2.24) is 9.55 Å². The Kier molecular flexibility index (Phi) is 3.54. The second kappa shape index (κ2) is 4.98. The van der Waals surface area contributed by atoms with Gasteiger partial charge in [0.1, 0.15) is 0 Å². The summed E-state index contributed by atoms with van der Waals surface area (Å²) in [6, 6.07) is 6.05. The number of imidazole rings is 1. The van der Waals surface area contributed by atoms with E-state index in [9.17, 15) is 18.5 Å². The largest absolute Gasteiger partial charge is 0.332 e. The first-order valence-electron chi connectivity index (χ1n) is 5.06. The first-order chi connectivity index (χ1) is 8.86. The van der Waals surface area contributed by atoms with Crippen LogP contribution in [-0.4, -0.2) is 22.9 Å². The van der Waals surface area contributed by atoms with Crippen LogP contribution in [0, 0.1) is 10.1 Å². The smallest absolute Gasteiger partial charge is 0.280 e. The van der Waals surface area contributed by atoms with E-state index < -0.39 is 14.0 Å². The van der Waals surface area contributed by atoms with E-state index in [1.54, 1.807) is 12.1 Å². The molecule has 0 unspecified atom stereocenters. The molecule has 0 spiro atoms. The van der Waals surface area contributed by atoms with Crippen molar-refractivity contribution in [1.29, 1.82) is 0 Å². The molecule has 2 aromatic rings. The van der Waals surface area contributed by atoms with Gasteiger partial charge in [0.2, 0.25) is 0 Å². The van der Waals surface area contributed by atoms with Crippen molar-refractivity contribution >= 4 is 25.4 Å². The van der Waals surface area contributed by atoms with Crippen LogP contribution in [0.4, 0.5) is 5.69 Å². The van der Waals surface area contributed by atoms with Crippen LogP contribution >= 0.6 is 10.7 Å². The quantitative estimate of drug-likeness (QED) is 0.487. The molecule has 0 amide bonds. The van der Waals surface area contributed by atoms with Gasteiger partial charge >= 0.3 is 0 Å². The Bertz CT molecular complexity index is 726. The van der Waals surface area contributed by atoms with E-state index in [0.29, 0.717) is 5.56 Å². The summed E-state index contributed by atoms with van der Waals surface area (Å²) in [4.78, 5) is 13.8. The highest BCUT2D eigenvalue weighted by Crippen LogP contribution is 2.16. The fraction of sp³-hybridized carbons (Fsp3) is 0.100. The van der Waals surface area contributed by atoms with Crippen molar-refractivity contribution in [2.75, 3.05) is 0 Å². The van der Waals surface area contributed by atoms with Crippen LogP contribution < -0.4 is 0 Å². The maximum absolute atomic E-state index is 11.0. The molecule has 0 aliphatic heterocycles. The van der Waals surface area contributed by atoms with E-state index in [-0.39, 0.29) is 17.3 Å². The summed E-state index contributed by atoms with van der Waals surface area (Å²) in [7, 11) is 1.28. The number of rotatable bonds is 4. The number of non-ortho nitro benzene ring substituents is 1. The zero-order valence-corrected chi connectivity index (χ0v) is 11.0. The highest BCUT2D eigenvalue weighted by atomic mass is 35.7. The minimum absolute atomic E-state index is 0.0252. The second-order valence-electron chi connectivity index (χ2n) is 3.75. The SMILES string of the molecule is O=[N+]([O-])c1cccc(Cn2cnc(S(=O)(=O)Cl)c2)c1. The molecule has 100 valence electrons. The molecule has 1 aromatic heterocycles. The average molecular weight is 302 g/mol. The summed E-state index contributed by atoms with van der Waals surface area (Å²) in [5.41, 5.74) is 0.632. The van der Waals surface area contributed by atoms with Gasteiger partial charge in [0.05, 0.1) is 11.3 Å². The van der Waals surface area contributed by atoms with Crippen LogP contribution in [0.1, 0.15) is 5.56 Å². The van der Waals surface area contributed by atoms with Crippen molar-refractivity contribution in [2.24, 2.45) is 0 Å². The number of benzene rings is 1. The fourth-order valence-corrected chi connectivity index (χ4v) is 2.20. The zero-order chi connectivity index (χ0) is 14.0. The first-order valence-corrected chi connectivity index (χ1v) is 7.37. The maximum Gasteiger partial charge on any atom is 0.280 e. The van der Waals surface area contributed by atoms with Gasteiger partial charge in [0.15, 0.2) is 5.03 Å². The van der Waals surface area contributed by atoms with Crippen LogP contribution in [0.15, 0.2) is 41.8 Å². The Morgan fingerprint density at radius 2 is 2.16 bits per heavy atom. The predicted molar refractivity (Wildman–Crippen MR) is 67.5 cm³/mol. The number of nitrogens with zero attached hydrogens (tertiary/aromatic N) is 3. The molecule has 9 heteroatoms. The van der Waals surface area contributed by atoms with Crippen molar-refractivity contribution in [2.45, 2.75) is 11.6 Å². The number of hydrogen-bond donors (Lipinski definition) is 0. The Balaban J connectivity index is 2.24. The molecule has 7 nitrogen and oxygen atoms in total. The molecule has 0 atom stereocenters. The molecule has 0 fully saturated rings. The molecule has 0 aliphatic rings. The summed E-state index contributed by atoms with van der Waals surface area (Å²) < 4.78 is 23.6. The average Bonchev–Trinajstić information content (AvgIpc) is 2.77. The number of hydrogen-bond acceptors (Lipinski definition) is 5. The van der Waals surface area contributed by atoms with Crippen molar-refractivity contribution < 1.29 is 13.3 Å². The van der Waals surface area contributed by atoms with Gasteiger partial charge in [0, 0.05) is 35.6 Å². The van der Waals surface area contributed by atoms with E-state index in [1.807, 2.05) is 0 Å². The van der Waals surface area contributed by atoms with Crippen LogP contribution in [-0.2, 0) is 15.6 Å². The van der Waals surface area contributed by atoms with Crippen LogP contribution in [0.5, 0.6) is 0 Å². The van der Waals surface area contributed by atoms with E-state index in [4.69, 9.17) is 10.7 Å². The molecule has 0 N–H and O–H groups in total. The van der Waals surface area contributed by atoms with Gasteiger partial charge in [-0.3, -0.25) is 10.1 Å². The third-order valence-corrected chi connectivity index (χ3v) is 3.53. The molecule has 19 heavy (non-hydrogen) atoms.